The maximum Gasteiger partial charge on any atom is 0.340 e. The number of amides is 1. The van der Waals surface area contributed by atoms with Crippen LogP contribution in [0.25, 0.3) is 11.0 Å². The number of carboxylic acids is 1. The first-order valence-corrected chi connectivity index (χ1v) is 11.6. The van der Waals surface area contributed by atoms with Gasteiger partial charge in [-0.25, -0.2) is 4.79 Å². The lowest BCUT2D eigenvalue weighted by molar-refractivity contribution is -0.312. The summed E-state index contributed by atoms with van der Waals surface area (Å²) < 4.78 is 11.2. The van der Waals surface area contributed by atoms with Crippen molar-refractivity contribution >= 4 is 22.8 Å². The molecule has 0 spiro atoms. The predicted octanol–water partition coefficient (Wildman–Crippen LogP) is 2.74. The number of aryl methyl sites for hydroxylation is 1. The van der Waals surface area contributed by atoms with E-state index in [1.54, 1.807) is 12.1 Å². The first kappa shape index (κ1) is 23.5. The molecular weight excluding hydrogens is 434 g/mol. The van der Waals surface area contributed by atoms with Gasteiger partial charge in [-0.1, -0.05) is 30.3 Å². The molecule has 7 heteroatoms. The molecule has 1 aliphatic rings. The number of aliphatic carboxylic acids is 1. The van der Waals surface area contributed by atoms with Crippen molar-refractivity contribution in [3.05, 3.63) is 75.6 Å². The molecule has 1 aliphatic carbocycles. The largest absolute Gasteiger partial charge is 0.550 e. The van der Waals surface area contributed by atoms with Crippen molar-refractivity contribution in [1.29, 1.82) is 0 Å². The number of carboxylic acid groups (broad SMARTS) is 1. The normalized spacial score (nSPS) is 17.9. The molecule has 2 aromatic carbocycles. The molecule has 3 aromatic rings. The molecule has 0 aliphatic heterocycles. The fraction of sp³-hybridized carbons (Fsp3) is 0.370. The van der Waals surface area contributed by atoms with Crippen LogP contribution in [-0.4, -0.2) is 25.0 Å². The zero-order valence-electron chi connectivity index (χ0n) is 19.2. The molecule has 0 saturated heterocycles. The lowest BCUT2D eigenvalue weighted by Crippen LogP contribution is -2.37. The molecule has 1 saturated carbocycles. The van der Waals surface area contributed by atoms with Crippen LogP contribution in [0.1, 0.15) is 42.4 Å². The Labute approximate surface area is 197 Å². The maximum atomic E-state index is 12.6. The van der Waals surface area contributed by atoms with Gasteiger partial charge in [0.25, 0.3) is 5.91 Å². The van der Waals surface area contributed by atoms with Gasteiger partial charge in [0.1, 0.15) is 11.3 Å². The van der Waals surface area contributed by atoms with Crippen LogP contribution < -0.4 is 20.8 Å². The van der Waals surface area contributed by atoms with Gasteiger partial charge in [-0.3, -0.25) is 4.79 Å². The second-order valence-electron chi connectivity index (χ2n) is 8.94. The first-order chi connectivity index (χ1) is 16.4. The number of benzene rings is 2. The first-order valence-electron chi connectivity index (χ1n) is 11.6. The van der Waals surface area contributed by atoms with Gasteiger partial charge in [0.15, 0.2) is 6.61 Å². The number of hydrogen-bond acceptors (Lipinski definition) is 6. The number of fused-ring (bicyclic) bond motifs is 1. The second-order valence-corrected chi connectivity index (χ2v) is 8.94. The van der Waals surface area contributed by atoms with E-state index in [4.69, 9.17) is 9.15 Å². The lowest BCUT2D eigenvalue weighted by Gasteiger charge is -2.29. The molecular formula is C27H28NO6-. The Hall–Kier alpha value is -3.61. The van der Waals surface area contributed by atoms with Crippen LogP contribution in [0.5, 0.6) is 5.75 Å². The summed E-state index contributed by atoms with van der Waals surface area (Å²) in [5.74, 6) is -0.901. The summed E-state index contributed by atoms with van der Waals surface area (Å²) >= 11 is 0. The van der Waals surface area contributed by atoms with Gasteiger partial charge in [-0.15, -0.1) is 0 Å². The van der Waals surface area contributed by atoms with Crippen molar-refractivity contribution in [3.8, 4) is 5.75 Å². The molecule has 1 aromatic heterocycles. The highest BCUT2D eigenvalue weighted by atomic mass is 16.5. The van der Waals surface area contributed by atoms with Gasteiger partial charge < -0.3 is 24.4 Å². The molecule has 0 atom stereocenters. The van der Waals surface area contributed by atoms with Gasteiger partial charge >= 0.3 is 5.63 Å². The number of ether oxygens (including phenoxy) is 1. The quantitative estimate of drug-likeness (QED) is 0.516. The van der Waals surface area contributed by atoms with Crippen molar-refractivity contribution in [1.82, 2.24) is 5.32 Å². The number of rotatable bonds is 8. The van der Waals surface area contributed by atoms with E-state index in [1.165, 1.54) is 0 Å². The van der Waals surface area contributed by atoms with Crippen LogP contribution in [0, 0.1) is 18.8 Å². The van der Waals surface area contributed by atoms with E-state index in [1.807, 2.05) is 43.3 Å². The van der Waals surface area contributed by atoms with Crippen LogP contribution in [0.4, 0.5) is 0 Å². The smallest absolute Gasteiger partial charge is 0.340 e. The van der Waals surface area contributed by atoms with Gasteiger partial charge in [-0.2, -0.15) is 0 Å². The number of nitrogens with one attached hydrogen (secondary N) is 1. The summed E-state index contributed by atoms with van der Waals surface area (Å²) in [5, 5.41) is 14.6. The Morgan fingerprint density at radius 2 is 1.82 bits per heavy atom. The molecule has 7 nitrogen and oxygen atoms in total. The molecule has 4 rings (SSSR count). The molecule has 1 amide bonds. The van der Waals surface area contributed by atoms with Crippen molar-refractivity contribution in [2.75, 3.05) is 13.2 Å². The van der Waals surface area contributed by atoms with Crippen LogP contribution in [0.2, 0.25) is 0 Å². The predicted molar refractivity (Wildman–Crippen MR) is 125 cm³/mol. The third-order valence-corrected chi connectivity index (χ3v) is 6.62. The summed E-state index contributed by atoms with van der Waals surface area (Å²) in [6.45, 7) is 2.25. The van der Waals surface area contributed by atoms with Gasteiger partial charge in [0.05, 0.1) is 0 Å². The second kappa shape index (κ2) is 10.5. The van der Waals surface area contributed by atoms with E-state index < -0.39 is 5.97 Å². The standard InChI is InChI=1S/C27H29NO6/c1-17-22-12-11-21(14-24(22)34-27(32)23(17)13-18-5-3-2-4-6-18)33-16-25(29)28-15-19-7-9-20(10-8-19)26(30)31/h2-6,11-12,14,19-20H,7-10,13,15-16H2,1H3,(H,28,29)(H,30,31)/p-1. The van der Waals surface area contributed by atoms with E-state index in [2.05, 4.69) is 5.32 Å². The summed E-state index contributed by atoms with van der Waals surface area (Å²) in [5.41, 5.74) is 2.57. The fourth-order valence-corrected chi connectivity index (χ4v) is 4.53. The monoisotopic (exact) mass is 462 g/mol. The number of carbonyl (C=O) groups excluding carboxylic acids is 2. The van der Waals surface area contributed by atoms with E-state index in [-0.39, 0.29) is 30.0 Å². The van der Waals surface area contributed by atoms with E-state index in [0.717, 1.165) is 29.4 Å². The minimum Gasteiger partial charge on any atom is -0.550 e. The Bertz CT molecular complexity index is 1230. The Kier molecular flexibility index (Phi) is 7.30. The minimum atomic E-state index is -0.982. The zero-order chi connectivity index (χ0) is 24.1. The third kappa shape index (κ3) is 5.65. The topological polar surface area (TPSA) is 109 Å². The average molecular weight is 463 g/mol. The summed E-state index contributed by atoms with van der Waals surface area (Å²) in [7, 11) is 0. The van der Waals surface area contributed by atoms with Crippen LogP contribution in [0.15, 0.2) is 57.7 Å². The molecule has 178 valence electrons. The Morgan fingerprint density at radius 3 is 2.53 bits per heavy atom. The van der Waals surface area contributed by atoms with Crippen LogP contribution in [0.3, 0.4) is 0 Å². The zero-order valence-corrected chi connectivity index (χ0v) is 19.2. The van der Waals surface area contributed by atoms with Crippen molar-refractivity contribution in [3.63, 3.8) is 0 Å². The molecule has 1 N–H and O–H groups in total. The Morgan fingerprint density at radius 1 is 1.09 bits per heavy atom. The van der Waals surface area contributed by atoms with Gasteiger partial charge in [-0.05, 0) is 67.7 Å². The Balaban J connectivity index is 1.34. The lowest BCUT2D eigenvalue weighted by atomic mass is 9.82. The van der Waals surface area contributed by atoms with Crippen molar-refractivity contribution in [2.45, 2.75) is 39.0 Å². The highest BCUT2D eigenvalue weighted by Gasteiger charge is 2.22. The molecule has 0 bridgehead atoms. The fourth-order valence-electron chi connectivity index (χ4n) is 4.53. The molecule has 1 fully saturated rings. The molecule has 34 heavy (non-hydrogen) atoms. The SMILES string of the molecule is Cc1c(Cc2ccccc2)c(=O)oc2cc(OCC(=O)NCC3CCC(C(=O)[O-])CC3)ccc12. The molecule has 0 radical (unpaired) electrons. The van der Waals surface area contributed by atoms with E-state index in [9.17, 15) is 19.5 Å². The highest BCUT2D eigenvalue weighted by molar-refractivity contribution is 5.83. The van der Waals surface area contributed by atoms with E-state index in [0.29, 0.717) is 42.7 Å². The molecule has 0 unspecified atom stereocenters. The average Bonchev–Trinajstić information content (AvgIpc) is 2.84. The third-order valence-electron chi connectivity index (χ3n) is 6.62. The highest BCUT2D eigenvalue weighted by Crippen LogP contribution is 2.28. The number of carbonyl (C=O) groups is 2. The van der Waals surface area contributed by atoms with Gasteiger partial charge in [0.2, 0.25) is 0 Å². The van der Waals surface area contributed by atoms with Crippen LogP contribution in [-0.2, 0) is 16.0 Å². The summed E-state index contributed by atoms with van der Waals surface area (Å²) in [6.07, 6.45) is 3.20. The number of hydrogen-bond donors (Lipinski definition) is 1. The summed E-state index contributed by atoms with van der Waals surface area (Å²) in [4.78, 5) is 35.8. The molecule has 1 heterocycles. The van der Waals surface area contributed by atoms with Crippen LogP contribution >= 0.6 is 0 Å². The van der Waals surface area contributed by atoms with Gasteiger partial charge in [0, 0.05) is 36.0 Å². The van der Waals surface area contributed by atoms with E-state index >= 15 is 0 Å². The minimum absolute atomic E-state index is 0.158. The maximum absolute atomic E-state index is 12.6. The van der Waals surface area contributed by atoms with Crippen molar-refractivity contribution in [2.24, 2.45) is 11.8 Å². The summed E-state index contributed by atoms with van der Waals surface area (Å²) in [6, 6.07) is 15.0. The van der Waals surface area contributed by atoms with Crippen molar-refractivity contribution < 1.29 is 23.8 Å².